The largest absolute Gasteiger partial charge is 0.496 e. The van der Waals surface area contributed by atoms with Gasteiger partial charge in [-0.3, -0.25) is 4.79 Å². The summed E-state index contributed by atoms with van der Waals surface area (Å²) in [5.41, 5.74) is 3.06. The van der Waals surface area contributed by atoms with E-state index in [4.69, 9.17) is 4.74 Å². The Bertz CT molecular complexity index is 1110. The van der Waals surface area contributed by atoms with E-state index in [2.05, 4.69) is 5.10 Å². The van der Waals surface area contributed by atoms with Gasteiger partial charge in [-0.05, 0) is 56.3 Å². The molecule has 28 heavy (non-hydrogen) atoms. The smallest absolute Gasteiger partial charge is 0.207 e. The molecule has 2 aromatic carbocycles. The molecule has 0 unspecified atom stereocenters. The highest BCUT2D eigenvalue weighted by atomic mass is 19.1. The van der Waals surface area contributed by atoms with Gasteiger partial charge in [-0.2, -0.15) is 10.4 Å². The third kappa shape index (κ3) is 3.55. The van der Waals surface area contributed by atoms with Crippen LogP contribution >= 0.6 is 0 Å². The Morgan fingerprint density at radius 2 is 1.86 bits per heavy atom. The van der Waals surface area contributed by atoms with E-state index >= 15 is 0 Å². The number of carbonyl (C=O) groups excluding carboxylic acids is 1. The highest BCUT2D eigenvalue weighted by Crippen LogP contribution is 2.25. The van der Waals surface area contributed by atoms with Crippen molar-refractivity contribution in [2.24, 2.45) is 0 Å². The van der Waals surface area contributed by atoms with E-state index in [1.165, 1.54) is 25.3 Å². The van der Waals surface area contributed by atoms with Crippen molar-refractivity contribution in [1.29, 1.82) is 5.26 Å². The minimum Gasteiger partial charge on any atom is -0.496 e. The number of nitriles is 1. The lowest BCUT2D eigenvalue weighted by molar-refractivity contribution is 0.103. The van der Waals surface area contributed by atoms with Gasteiger partial charge in [-0.25, -0.2) is 9.07 Å². The summed E-state index contributed by atoms with van der Waals surface area (Å²) in [6, 6.07) is 14.7. The number of carbonyl (C=O) groups is 1. The average Bonchev–Trinajstić information content (AvgIpc) is 2.99. The number of hydrogen-bond donors (Lipinski definition) is 0. The molecular formula is C22H18FN3O2. The Labute approximate surface area is 162 Å². The van der Waals surface area contributed by atoms with Crippen molar-refractivity contribution >= 4 is 11.9 Å². The Balaban J connectivity index is 2.05. The fourth-order valence-corrected chi connectivity index (χ4v) is 2.97. The van der Waals surface area contributed by atoms with Gasteiger partial charge in [0.25, 0.3) is 0 Å². The van der Waals surface area contributed by atoms with Crippen LogP contribution in [0.2, 0.25) is 0 Å². The van der Waals surface area contributed by atoms with Crippen LogP contribution in [0, 0.1) is 31.0 Å². The molecule has 1 heterocycles. The highest BCUT2D eigenvalue weighted by Gasteiger charge is 2.19. The van der Waals surface area contributed by atoms with E-state index < -0.39 is 5.78 Å². The van der Waals surface area contributed by atoms with Gasteiger partial charge in [0.05, 0.1) is 24.1 Å². The van der Waals surface area contributed by atoms with Gasteiger partial charge in [0.2, 0.25) is 5.78 Å². The maximum atomic E-state index is 13.2. The van der Waals surface area contributed by atoms with Crippen molar-refractivity contribution in [3.05, 3.63) is 82.4 Å². The van der Waals surface area contributed by atoms with Gasteiger partial charge < -0.3 is 4.74 Å². The molecule has 0 spiro atoms. The molecule has 0 amide bonds. The molecule has 0 bridgehead atoms. The minimum absolute atomic E-state index is 0.0191. The predicted octanol–water partition coefficient (Wildman–Crippen LogP) is 4.43. The van der Waals surface area contributed by atoms with Crippen LogP contribution < -0.4 is 4.74 Å². The number of halogens is 1. The molecule has 0 fully saturated rings. The van der Waals surface area contributed by atoms with Gasteiger partial charge in [0.1, 0.15) is 23.2 Å². The zero-order valence-electron chi connectivity index (χ0n) is 15.7. The topological polar surface area (TPSA) is 67.9 Å². The van der Waals surface area contributed by atoms with Crippen LogP contribution in [0.15, 0.2) is 54.1 Å². The van der Waals surface area contributed by atoms with E-state index in [1.807, 2.05) is 13.0 Å². The van der Waals surface area contributed by atoms with Crippen LogP contribution in [-0.2, 0) is 0 Å². The Kier molecular flexibility index (Phi) is 5.37. The van der Waals surface area contributed by atoms with Crippen molar-refractivity contribution in [3.63, 3.8) is 0 Å². The second-order valence-electron chi connectivity index (χ2n) is 6.17. The summed E-state index contributed by atoms with van der Waals surface area (Å²) in [5, 5.41) is 14.0. The predicted molar refractivity (Wildman–Crippen MR) is 104 cm³/mol. The summed E-state index contributed by atoms with van der Waals surface area (Å²) >= 11 is 0. The number of ether oxygens (including phenoxy) is 1. The number of aromatic nitrogens is 2. The molecule has 0 N–H and O–H groups in total. The quantitative estimate of drug-likeness (QED) is 0.376. The second kappa shape index (κ2) is 7.89. The maximum Gasteiger partial charge on any atom is 0.207 e. The number of Topliss-reactive ketones (excluding diaryl/α,β-unsaturated/α-hetero) is 1. The number of aryl methyl sites for hydroxylation is 1. The van der Waals surface area contributed by atoms with E-state index in [-0.39, 0.29) is 11.4 Å². The number of hydrogen-bond acceptors (Lipinski definition) is 4. The number of allylic oxidation sites excluding steroid dienone is 1. The zero-order valence-corrected chi connectivity index (χ0v) is 15.7. The number of benzene rings is 2. The highest BCUT2D eigenvalue weighted by molar-refractivity contribution is 6.15. The zero-order chi connectivity index (χ0) is 20.3. The van der Waals surface area contributed by atoms with Crippen molar-refractivity contribution in [3.8, 4) is 17.5 Å². The SMILES string of the molecule is COc1ccccc1C(=O)/C(C#N)=C/c1c(C)nn(-c2ccc(F)cc2)c1C. The number of ketones is 1. The van der Waals surface area contributed by atoms with E-state index in [0.717, 1.165) is 5.69 Å². The lowest BCUT2D eigenvalue weighted by atomic mass is 10.0. The van der Waals surface area contributed by atoms with Crippen molar-refractivity contribution in [2.75, 3.05) is 7.11 Å². The van der Waals surface area contributed by atoms with E-state index in [1.54, 1.807) is 48.0 Å². The third-order valence-corrected chi connectivity index (χ3v) is 4.42. The number of para-hydroxylation sites is 1. The lowest BCUT2D eigenvalue weighted by Crippen LogP contribution is -2.04. The monoisotopic (exact) mass is 375 g/mol. The van der Waals surface area contributed by atoms with Gasteiger partial charge in [0, 0.05) is 11.3 Å². The summed E-state index contributed by atoms with van der Waals surface area (Å²) in [4.78, 5) is 12.9. The number of rotatable bonds is 5. The van der Waals surface area contributed by atoms with Gasteiger partial charge in [-0.15, -0.1) is 0 Å². The molecule has 5 nitrogen and oxygen atoms in total. The van der Waals surface area contributed by atoms with Crippen molar-refractivity contribution < 1.29 is 13.9 Å². The first-order valence-corrected chi connectivity index (χ1v) is 8.58. The first kappa shape index (κ1) is 19.1. The fraction of sp³-hybridized carbons (Fsp3) is 0.136. The Morgan fingerprint density at radius 3 is 2.50 bits per heavy atom. The van der Waals surface area contributed by atoms with Crippen LogP contribution in [0.25, 0.3) is 11.8 Å². The molecule has 0 atom stereocenters. The molecule has 6 heteroatoms. The summed E-state index contributed by atoms with van der Waals surface area (Å²) in [5.74, 6) is -0.350. The first-order valence-electron chi connectivity index (χ1n) is 8.58. The Hall–Kier alpha value is -3.72. The molecule has 3 rings (SSSR count). The number of methoxy groups -OCH3 is 1. The summed E-state index contributed by atoms with van der Waals surface area (Å²) < 4.78 is 20.1. The molecule has 1 aromatic heterocycles. The summed E-state index contributed by atoms with van der Waals surface area (Å²) in [6.07, 6.45) is 1.53. The standard InChI is InChI=1S/C22H18FN3O2/c1-14-20(15(2)26(25-14)18-10-8-17(23)9-11-18)12-16(13-24)22(27)19-6-4-5-7-21(19)28-3/h4-12H,1-3H3/b16-12+. The van der Waals surface area contributed by atoms with E-state index in [9.17, 15) is 14.4 Å². The molecule has 3 aromatic rings. The first-order chi connectivity index (χ1) is 13.5. The fourth-order valence-electron chi connectivity index (χ4n) is 2.97. The summed E-state index contributed by atoms with van der Waals surface area (Å²) in [6.45, 7) is 3.62. The molecule has 0 saturated carbocycles. The molecular weight excluding hydrogens is 357 g/mol. The molecule has 140 valence electrons. The average molecular weight is 375 g/mol. The van der Waals surface area contributed by atoms with Gasteiger partial charge >= 0.3 is 0 Å². The van der Waals surface area contributed by atoms with Crippen LogP contribution in [-0.4, -0.2) is 22.7 Å². The third-order valence-electron chi connectivity index (χ3n) is 4.42. The van der Waals surface area contributed by atoms with Gasteiger partial charge in [-0.1, -0.05) is 12.1 Å². The van der Waals surface area contributed by atoms with Crippen molar-refractivity contribution in [1.82, 2.24) is 9.78 Å². The number of nitrogens with zero attached hydrogens (tertiary/aromatic N) is 3. The van der Waals surface area contributed by atoms with Crippen LogP contribution in [0.5, 0.6) is 5.75 Å². The Morgan fingerprint density at radius 1 is 1.18 bits per heavy atom. The lowest BCUT2D eigenvalue weighted by Gasteiger charge is -2.07. The second-order valence-corrected chi connectivity index (χ2v) is 6.17. The van der Waals surface area contributed by atoms with Crippen LogP contribution in [0.3, 0.4) is 0 Å². The molecule has 0 radical (unpaired) electrons. The molecule has 0 saturated heterocycles. The minimum atomic E-state index is -0.423. The van der Waals surface area contributed by atoms with Crippen LogP contribution in [0.4, 0.5) is 4.39 Å². The maximum absolute atomic E-state index is 13.2. The van der Waals surface area contributed by atoms with Crippen molar-refractivity contribution in [2.45, 2.75) is 13.8 Å². The normalized spacial score (nSPS) is 11.2. The van der Waals surface area contributed by atoms with E-state index in [0.29, 0.717) is 28.3 Å². The van der Waals surface area contributed by atoms with Gasteiger partial charge in [0.15, 0.2) is 0 Å². The summed E-state index contributed by atoms with van der Waals surface area (Å²) in [7, 11) is 1.48. The molecule has 0 aliphatic rings. The molecule has 0 aliphatic heterocycles. The molecule has 0 aliphatic carbocycles. The van der Waals surface area contributed by atoms with Crippen LogP contribution in [0.1, 0.15) is 27.3 Å².